The molecule has 1 unspecified atom stereocenters. The molecule has 188 valence electrons. The Hall–Kier alpha value is -2.83. The maximum absolute atomic E-state index is 13.8. The van der Waals surface area contributed by atoms with Gasteiger partial charge in [-0.3, -0.25) is 4.79 Å². The number of rotatable bonds is 9. The summed E-state index contributed by atoms with van der Waals surface area (Å²) >= 11 is 0.879. The number of carbonyl (C=O) groups is 1. The third-order valence-electron chi connectivity index (χ3n) is 5.22. The van der Waals surface area contributed by atoms with Crippen molar-refractivity contribution in [1.29, 1.82) is 10.5 Å². The molecule has 0 radical (unpaired) electrons. The Bertz CT molecular complexity index is 1270. The van der Waals surface area contributed by atoms with Gasteiger partial charge in [0.2, 0.25) is 0 Å². The molecule has 11 heteroatoms. The lowest BCUT2D eigenvalue weighted by molar-refractivity contribution is -0.117. The molecule has 0 aliphatic rings. The average Bonchev–Trinajstić information content (AvgIpc) is 3.19. The van der Waals surface area contributed by atoms with Crippen LogP contribution >= 0.6 is 11.3 Å². The molecule has 9 nitrogen and oxygen atoms in total. The van der Waals surface area contributed by atoms with E-state index in [0.29, 0.717) is 5.56 Å². The summed E-state index contributed by atoms with van der Waals surface area (Å²) in [6.45, 7) is 10.5. The zero-order valence-corrected chi connectivity index (χ0v) is 22.4. The highest BCUT2D eigenvalue weighted by Gasteiger charge is 2.29. The molecule has 0 bridgehead atoms. The van der Waals surface area contributed by atoms with Crippen LogP contribution in [0.3, 0.4) is 0 Å². The van der Waals surface area contributed by atoms with Gasteiger partial charge in [-0.2, -0.15) is 10.5 Å². The van der Waals surface area contributed by atoms with Gasteiger partial charge in [0.25, 0.3) is 5.91 Å². The lowest BCUT2D eigenvalue weighted by Crippen LogP contribution is -2.21. The Balaban J connectivity index is 2.68. The van der Waals surface area contributed by atoms with E-state index < -0.39 is 21.4 Å². The summed E-state index contributed by atoms with van der Waals surface area (Å²) in [4.78, 5) is 17.5. The number of aliphatic hydroxyl groups excluding tert-OH is 1. The molecule has 1 atom stereocenters. The number of hydrogen-bond donors (Lipinski definition) is 3. The highest BCUT2D eigenvalue weighted by atomic mass is 32.2. The number of thiazole rings is 1. The number of carbonyl (C=O) groups excluding carboxylic acids is 1. The Labute approximate surface area is 210 Å². The van der Waals surface area contributed by atoms with Crippen LogP contribution in [0.15, 0.2) is 20.7 Å². The number of aliphatic hydroxyl groups is 2. The summed E-state index contributed by atoms with van der Waals surface area (Å²) in [5, 5.41) is 38.8. The summed E-state index contributed by atoms with van der Waals surface area (Å²) in [6.07, 6.45) is 1.46. The van der Waals surface area contributed by atoms with Gasteiger partial charge >= 0.3 is 0 Å². The molecular formula is C24H31N5O4S2. The van der Waals surface area contributed by atoms with Gasteiger partial charge in [-0.15, -0.1) is 15.7 Å². The fourth-order valence-electron chi connectivity index (χ4n) is 3.60. The van der Waals surface area contributed by atoms with Crippen molar-refractivity contribution < 1.29 is 19.2 Å². The molecule has 2 rings (SSSR count). The van der Waals surface area contributed by atoms with Crippen LogP contribution in [0.4, 0.5) is 0 Å². The summed E-state index contributed by atoms with van der Waals surface area (Å²) < 4.78 is 19.9. The topological polar surface area (TPSA) is 159 Å². The minimum absolute atomic E-state index is 0.0142. The number of benzene rings is 1. The van der Waals surface area contributed by atoms with Gasteiger partial charge in [0.15, 0.2) is 16.1 Å². The lowest BCUT2D eigenvalue weighted by atomic mass is 9.85. The Kier molecular flexibility index (Phi) is 9.15. The first-order valence-electron chi connectivity index (χ1n) is 11.1. The van der Waals surface area contributed by atoms with E-state index in [4.69, 9.17) is 0 Å². The molecule has 0 saturated carbocycles. The molecule has 1 aromatic heterocycles. The minimum Gasteiger partial charge on any atom is -0.396 e. The van der Waals surface area contributed by atoms with Crippen LogP contribution in [-0.2, 0) is 33.2 Å². The van der Waals surface area contributed by atoms with E-state index in [1.54, 1.807) is 18.3 Å². The molecule has 0 saturated heterocycles. The third kappa shape index (κ3) is 6.65. The number of nitrogens with one attached hydrogen (secondary N) is 1. The van der Waals surface area contributed by atoms with Crippen molar-refractivity contribution >= 4 is 27.2 Å². The second kappa shape index (κ2) is 11.3. The molecule has 1 heterocycles. The number of hydrogen-bond acceptors (Lipinski definition) is 8. The monoisotopic (exact) mass is 517 g/mol. The molecule has 2 aromatic rings. The molecule has 0 aliphatic heterocycles. The van der Waals surface area contributed by atoms with Crippen molar-refractivity contribution in [3.63, 3.8) is 0 Å². The Morgan fingerprint density at radius 1 is 1.23 bits per heavy atom. The molecule has 0 fully saturated rings. The summed E-state index contributed by atoms with van der Waals surface area (Å²) in [5.41, 5.74) is 1.73. The quantitative estimate of drug-likeness (QED) is 0.338. The SMILES string of the molecule is CC(C)c1cc(C#N)cc(C(C)C)c1CC(=O)N=S(=O)(NC#N)c1sc(C(C)(C)O)nc1CCO. The van der Waals surface area contributed by atoms with Gasteiger partial charge < -0.3 is 10.2 Å². The highest BCUT2D eigenvalue weighted by Crippen LogP contribution is 2.33. The molecule has 1 aromatic carbocycles. The van der Waals surface area contributed by atoms with Crippen molar-refractivity contribution in [3.8, 4) is 12.3 Å². The maximum Gasteiger partial charge on any atom is 0.259 e. The molecule has 35 heavy (non-hydrogen) atoms. The summed E-state index contributed by atoms with van der Waals surface area (Å²) in [5.74, 6) is -0.659. The van der Waals surface area contributed by atoms with E-state index in [1.807, 2.05) is 27.7 Å². The van der Waals surface area contributed by atoms with Crippen LogP contribution < -0.4 is 4.72 Å². The van der Waals surface area contributed by atoms with E-state index in [0.717, 1.165) is 28.0 Å². The van der Waals surface area contributed by atoms with Crippen LogP contribution in [-0.4, -0.2) is 31.9 Å². The van der Waals surface area contributed by atoms with E-state index in [-0.39, 0.29) is 46.2 Å². The second-order valence-corrected chi connectivity index (χ2v) is 12.3. The molecular weight excluding hydrogens is 486 g/mol. The third-order valence-corrected chi connectivity index (χ3v) is 8.92. The van der Waals surface area contributed by atoms with Crippen LogP contribution in [0.2, 0.25) is 0 Å². The summed E-state index contributed by atoms with van der Waals surface area (Å²) in [6, 6.07) is 5.66. The van der Waals surface area contributed by atoms with Crippen LogP contribution in [0.5, 0.6) is 0 Å². The van der Waals surface area contributed by atoms with Crippen molar-refractivity contribution in [1.82, 2.24) is 9.71 Å². The Morgan fingerprint density at radius 3 is 2.23 bits per heavy atom. The average molecular weight is 518 g/mol. The fraction of sp³-hybridized carbons (Fsp3) is 0.500. The van der Waals surface area contributed by atoms with E-state index in [2.05, 4.69) is 20.1 Å². The first kappa shape index (κ1) is 28.4. The van der Waals surface area contributed by atoms with E-state index in [9.17, 15) is 29.7 Å². The van der Waals surface area contributed by atoms with E-state index in [1.165, 1.54) is 13.8 Å². The zero-order valence-electron chi connectivity index (χ0n) is 20.7. The van der Waals surface area contributed by atoms with Gasteiger partial charge in [-0.05, 0) is 54.5 Å². The maximum atomic E-state index is 13.8. The molecule has 3 N–H and O–H groups in total. The van der Waals surface area contributed by atoms with Gasteiger partial charge in [0.05, 0.1) is 23.7 Å². The minimum atomic E-state index is -3.76. The Morgan fingerprint density at radius 2 is 1.80 bits per heavy atom. The lowest BCUT2D eigenvalue weighted by Gasteiger charge is -2.19. The normalized spacial score (nSPS) is 13.3. The predicted molar refractivity (Wildman–Crippen MR) is 134 cm³/mol. The smallest absolute Gasteiger partial charge is 0.259 e. The van der Waals surface area contributed by atoms with Crippen molar-refractivity contribution in [2.24, 2.45) is 4.36 Å². The van der Waals surface area contributed by atoms with Gasteiger partial charge in [-0.25, -0.2) is 13.9 Å². The number of nitriles is 2. The second-order valence-electron chi connectivity index (χ2n) is 9.24. The number of aromatic nitrogens is 1. The fourth-order valence-corrected chi connectivity index (χ4v) is 6.53. The largest absolute Gasteiger partial charge is 0.396 e. The standard InChI is InChI=1S/C24H31N5O4S2/c1-14(2)17-9-16(12-25)10-18(15(3)4)19(17)11-21(31)29-35(33,27-13-26)22-20(7-8-30)28-23(34-22)24(5,6)32/h9-10,14-15,30,32H,7-8,11H2,1-6H3,(H,27,29,31,33). The number of nitrogens with zero attached hydrogens (tertiary/aromatic N) is 4. The number of amides is 1. The van der Waals surface area contributed by atoms with Crippen molar-refractivity contribution in [2.75, 3.05) is 6.61 Å². The molecule has 0 spiro atoms. The van der Waals surface area contributed by atoms with Crippen LogP contribution in [0.1, 0.15) is 86.3 Å². The van der Waals surface area contributed by atoms with Gasteiger partial charge in [-0.1, -0.05) is 27.7 Å². The van der Waals surface area contributed by atoms with Crippen molar-refractivity contribution in [3.05, 3.63) is 45.1 Å². The van der Waals surface area contributed by atoms with Gasteiger partial charge in [0, 0.05) is 13.0 Å². The molecule has 0 aliphatic carbocycles. The first-order valence-corrected chi connectivity index (χ1v) is 13.5. The van der Waals surface area contributed by atoms with Crippen LogP contribution in [0, 0.1) is 22.8 Å². The predicted octanol–water partition coefficient (Wildman–Crippen LogP) is 3.61. The van der Waals surface area contributed by atoms with Gasteiger partial charge in [0.1, 0.15) is 14.8 Å². The highest BCUT2D eigenvalue weighted by molar-refractivity contribution is 7.94. The van der Waals surface area contributed by atoms with Crippen molar-refractivity contribution in [2.45, 2.75) is 76.0 Å². The zero-order chi connectivity index (χ0) is 26.6. The first-order chi connectivity index (χ1) is 16.3. The van der Waals surface area contributed by atoms with Crippen LogP contribution in [0.25, 0.3) is 0 Å². The van der Waals surface area contributed by atoms with E-state index >= 15 is 0 Å². The molecule has 1 amide bonds. The summed E-state index contributed by atoms with van der Waals surface area (Å²) in [7, 11) is -3.76.